The first-order valence-corrected chi connectivity index (χ1v) is 8.24. The molecule has 3 atom stereocenters. The quantitative estimate of drug-likeness (QED) is 0.868. The van der Waals surface area contributed by atoms with Gasteiger partial charge in [0.2, 0.25) is 0 Å². The highest BCUT2D eigenvalue weighted by molar-refractivity contribution is 5.48. The molecule has 1 fully saturated rings. The molecule has 1 aliphatic carbocycles. The molecule has 2 N–H and O–H groups in total. The van der Waals surface area contributed by atoms with Crippen LogP contribution in [0, 0.1) is 11.8 Å². The predicted molar refractivity (Wildman–Crippen MR) is 90.0 cm³/mol. The van der Waals surface area contributed by atoms with Crippen LogP contribution in [0.4, 0.5) is 5.69 Å². The molecule has 3 heteroatoms. The monoisotopic (exact) mass is 290 g/mol. The fraction of sp³-hybridized carbons (Fsp3) is 0.667. The third-order valence-corrected chi connectivity index (χ3v) is 4.87. The molecule has 0 radical (unpaired) electrons. The van der Waals surface area contributed by atoms with Crippen molar-refractivity contribution < 1.29 is 4.74 Å². The van der Waals surface area contributed by atoms with Gasteiger partial charge in [-0.1, -0.05) is 19.8 Å². The van der Waals surface area contributed by atoms with Gasteiger partial charge in [0.1, 0.15) is 5.75 Å². The van der Waals surface area contributed by atoms with Gasteiger partial charge >= 0.3 is 0 Å². The summed E-state index contributed by atoms with van der Waals surface area (Å²) in [6, 6.07) is 8.64. The van der Waals surface area contributed by atoms with Gasteiger partial charge in [0.15, 0.2) is 0 Å². The first kappa shape index (κ1) is 16.2. The summed E-state index contributed by atoms with van der Waals surface area (Å²) in [4.78, 5) is 2.33. The van der Waals surface area contributed by atoms with Crippen molar-refractivity contribution in [2.24, 2.45) is 17.6 Å². The number of hydrogen-bond acceptors (Lipinski definition) is 3. The highest BCUT2D eigenvalue weighted by Gasteiger charge is 2.28. The maximum absolute atomic E-state index is 6.36. The highest BCUT2D eigenvalue weighted by atomic mass is 16.5. The molecule has 1 saturated carbocycles. The van der Waals surface area contributed by atoms with Crippen molar-refractivity contribution in [3.8, 4) is 5.75 Å². The Morgan fingerprint density at radius 2 is 1.95 bits per heavy atom. The third-order valence-electron chi connectivity index (χ3n) is 4.87. The average molecular weight is 290 g/mol. The number of nitrogens with zero attached hydrogens (tertiary/aromatic N) is 1. The first-order valence-electron chi connectivity index (χ1n) is 8.24. The van der Waals surface area contributed by atoms with E-state index in [9.17, 15) is 0 Å². The zero-order valence-electron chi connectivity index (χ0n) is 13.7. The highest BCUT2D eigenvalue weighted by Crippen LogP contribution is 2.32. The molecule has 2 rings (SSSR count). The van der Waals surface area contributed by atoms with Gasteiger partial charge in [0.25, 0.3) is 0 Å². The zero-order valence-corrected chi connectivity index (χ0v) is 13.7. The van der Waals surface area contributed by atoms with E-state index in [2.05, 4.69) is 31.0 Å². The van der Waals surface area contributed by atoms with Crippen LogP contribution in [0.25, 0.3) is 0 Å². The van der Waals surface area contributed by atoms with Crippen LogP contribution in [-0.4, -0.2) is 26.7 Å². The normalized spacial score (nSPS) is 25.6. The van der Waals surface area contributed by atoms with E-state index in [1.165, 1.54) is 37.8 Å². The second-order valence-corrected chi connectivity index (χ2v) is 6.47. The molecule has 1 aliphatic rings. The second kappa shape index (κ2) is 7.69. The number of rotatable bonds is 6. The summed E-state index contributed by atoms with van der Waals surface area (Å²) in [6.07, 6.45) is 6.44. The number of hydrogen-bond donors (Lipinski definition) is 1. The predicted octanol–water partition coefficient (Wildman–Crippen LogP) is 3.68. The van der Waals surface area contributed by atoms with Gasteiger partial charge in [0, 0.05) is 25.3 Å². The Kier molecular flexibility index (Phi) is 5.92. The van der Waals surface area contributed by atoms with Gasteiger partial charge in [-0.3, -0.25) is 0 Å². The molecule has 21 heavy (non-hydrogen) atoms. The van der Waals surface area contributed by atoms with Crippen LogP contribution in [0.5, 0.6) is 5.75 Å². The largest absolute Gasteiger partial charge is 0.497 e. The summed E-state index contributed by atoms with van der Waals surface area (Å²) in [5.41, 5.74) is 7.60. The maximum atomic E-state index is 6.36. The summed E-state index contributed by atoms with van der Waals surface area (Å²) in [7, 11) is 3.87. The summed E-state index contributed by atoms with van der Waals surface area (Å²) < 4.78 is 5.22. The minimum absolute atomic E-state index is 0.360. The minimum atomic E-state index is 0.360. The van der Waals surface area contributed by atoms with Crippen LogP contribution < -0.4 is 15.4 Å². The van der Waals surface area contributed by atoms with Crippen molar-refractivity contribution in [2.45, 2.75) is 45.1 Å². The summed E-state index contributed by atoms with van der Waals surface area (Å²) in [5.74, 6) is 2.40. The maximum Gasteiger partial charge on any atom is 0.119 e. The van der Waals surface area contributed by atoms with Crippen molar-refractivity contribution in [1.82, 2.24) is 0 Å². The molecule has 0 aliphatic heterocycles. The van der Waals surface area contributed by atoms with Gasteiger partial charge in [-0.15, -0.1) is 0 Å². The zero-order chi connectivity index (χ0) is 15.2. The molecule has 1 aromatic rings. The Morgan fingerprint density at radius 3 is 2.57 bits per heavy atom. The smallest absolute Gasteiger partial charge is 0.119 e. The van der Waals surface area contributed by atoms with Crippen LogP contribution in [0.1, 0.15) is 39.0 Å². The molecular formula is C18H30N2O. The molecule has 0 heterocycles. The molecule has 3 unspecified atom stereocenters. The van der Waals surface area contributed by atoms with Crippen LogP contribution in [0.15, 0.2) is 24.3 Å². The van der Waals surface area contributed by atoms with Crippen molar-refractivity contribution in [2.75, 3.05) is 25.6 Å². The van der Waals surface area contributed by atoms with Crippen LogP contribution in [0.3, 0.4) is 0 Å². The molecule has 0 amide bonds. The fourth-order valence-electron chi connectivity index (χ4n) is 3.56. The molecule has 118 valence electrons. The van der Waals surface area contributed by atoms with Crippen LogP contribution >= 0.6 is 0 Å². The Balaban J connectivity index is 1.94. The van der Waals surface area contributed by atoms with E-state index < -0.39 is 0 Å². The van der Waals surface area contributed by atoms with Gasteiger partial charge in [-0.05, 0) is 55.4 Å². The van der Waals surface area contributed by atoms with E-state index in [0.717, 1.165) is 18.2 Å². The van der Waals surface area contributed by atoms with E-state index in [4.69, 9.17) is 10.5 Å². The van der Waals surface area contributed by atoms with E-state index in [1.54, 1.807) is 7.11 Å². The van der Waals surface area contributed by atoms with Crippen LogP contribution in [0.2, 0.25) is 0 Å². The van der Waals surface area contributed by atoms with Crippen LogP contribution in [-0.2, 0) is 0 Å². The Hall–Kier alpha value is -1.22. The van der Waals surface area contributed by atoms with Gasteiger partial charge < -0.3 is 15.4 Å². The summed E-state index contributed by atoms with van der Waals surface area (Å²) >= 11 is 0. The summed E-state index contributed by atoms with van der Waals surface area (Å²) in [6.45, 7) is 3.33. The van der Waals surface area contributed by atoms with Crippen molar-refractivity contribution in [3.63, 3.8) is 0 Å². The van der Waals surface area contributed by atoms with Gasteiger partial charge in [-0.25, -0.2) is 0 Å². The molecule has 3 nitrogen and oxygen atoms in total. The van der Waals surface area contributed by atoms with E-state index in [0.29, 0.717) is 12.0 Å². The number of methoxy groups -OCH3 is 1. The molecular weight excluding hydrogens is 260 g/mol. The van der Waals surface area contributed by atoms with Gasteiger partial charge in [-0.2, -0.15) is 0 Å². The number of nitrogens with two attached hydrogens (primary N) is 1. The first-order chi connectivity index (χ1) is 10.1. The topological polar surface area (TPSA) is 38.5 Å². The van der Waals surface area contributed by atoms with Crippen molar-refractivity contribution >= 4 is 5.69 Å². The standard InChI is InChI=1S/C18H30N2O/c1-4-5-14-6-11-18(19)15(12-14)13-20(2)16-7-9-17(21-3)10-8-16/h7-10,14-15,18H,4-6,11-13,19H2,1-3H3. The molecule has 0 bridgehead atoms. The van der Waals surface area contributed by atoms with Crippen molar-refractivity contribution in [1.29, 1.82) is 0 Å². The number of benzene rings is 1. The molecule has 1 aromatic carbocycles. The number of ether oxygens (including phenoxy) is 1. The van der Waals surface area contributed by atoms with E-state index in [1.807, 2.05) is 12.1 Å². The average Bonchev–Trinajstić information content (AvgIpc) is 2.51. The Morgan fingerprint density at radius 1 is 1.24 bits per heavy atom. The lowest BCUT2D eigenvalue weighted by atomic mass is 9.76. The molecule has 0 spiro atoms. The van der Waals surface area contributed by atoms with E-state index in [-0.39, 0.29) is 0 Å². The Bertz CT molecular complexity index is 418. The van der Waals surface area contributed by atoms with Crippen molar-refractivity contribution in [3.05, 3.63) is 24.3 Å². The van der Waals surface area contributed by atoms with Gasteiger partial charge in [0.05, 0.1) is 7.11 Å². The molecule has 0 aromatic heterocycles. The lowest BCUT2D eigenvalue weighted by molar-refractivity contribution is 0.226. The lowest BCUT2D eigenvalue weighted by Crippen LogP contribution is -2.42. The number of anilines is 1. The third kappa shape index (κ3) is 4.37. The fourth-order valence-corrected chi connectivity index (χ4v) is 3.56. The summed E-state index contributed by atoms with van der Waals surface area (Å²) in [5, 5.41) is 0. The molecule has 0 saturated heterocycles. The van der Waals surface area contributed by atoms with E-state index >= 15 is 0 Å². The second-order valence-electron chi connectivity index (χ2n) is 6.47. The SMILES string of the molecule is CCCC1CCC(N)C(CN(C)c2ccc(OC)cc2)C1. The minimum Gasteiger partial charge on any atom is -0.497 e. The lowest BCUT2D eigenvalue weighted by Gasteiger charge is -2.37. The Labute approximate surface area is 129 Å².